The minimum absolute atomic E-state index is 0.0355. The number of thiophene rings is 1. The average molecular weight is 494 g/mol. The van der Waals surface area contributed by atoms with Gasteiger partial charge in [-0.15, -0.1) is 11.3 Å². The molecule has 1 aromatic heterocycles. The quantitative estimate of drug-likeness (QED) is 0.412. The lowest BCUT2D eigenvalue weighted by Gasteiger charge is -2.34. The molecule has 35 heavy (non-hydrogen) atoms. The summed E-state index contributed by atoms with van der Waals surface area (Å²) in [6.07, 6.45) is 3.68. The molecule has 1 aliphatic heterocycles. The van der Waals surface area contributed by atoms with E-state index in [-0.39, 0.29) is 29.7 Å². The van der Waals surface area contributed by atoms with E-state index in [1.165, 1.54) is 28.5 Å². The highest BCUT2D eigenvalue weighted by atomic mass is 32.1. The Morgan fingerprint density at radius 2 is 1.91 bits per heavy atom. The molecule has 2 aliphatic rings. The molecular formula is C29H32FNO3S. The standard InChI is InChI=1S/C29H32FNO3S/c1-29(2,3)19-10-11-20-25(14-19)35-28-27(20)21(15-26(32)31-28)17-9-12-23(33-4)24(13-17)34-16-18-7-5-6-8-22(18)30/h5-9,12-13,19,21H,10-11,14-16H2,1-4H3,(H,31,32)/t19-,21-/m0/s1. The van der Waals surface area contributed by atoms with E-state index in [4.69, 9.17) is 9.47 Å². The number of halogens is 1. The third-order valence-electron chi connectivity index (χ3n) is 7.45. The average Bonchev–Trinajstić information content (AvgIpc) is 3.19. The van der Waals surface area contributed by atoms with Crippen LogP contribution in [-0.2, 0) is 24.2 Å². The summed E-state index contributed by atoms with van der Waals surface area (Å²) < 4.78 is 25.7. The molecule has 0 saturated carbocycles. The van der Waals surface area contributed by atoms with Crippen LogP contribution in [0.4, 0.5) is 9.39 Å². The molecule has 6 heteroatoms. The Labute approximate surface area is 210 Å². The number of amides is 1. The molecule has 2 aromatic carbocycles. The number of anilines is 1. The number of carbonyl (C=O) groups excluding carboxylic acids is 1. The summed E-state index contributed by atoms with van der Waals surface area (Å²) in [6.45, 7) is 7.06. The number of benzene rings is 2. The summed E-state index contributed by atoms with van der Waals surface area (Å²) in [5.74, 6) is 1.49. The topological polar surface area (TPSA) is 47.6 Å². The number of methoxy groups -OCH3 is 1. The van der Waals surface area contributed by atoms with E-state index in [9.17, 15) is 9.18 Å². The molecule has 2 heterocycles. The second kappa shape index (κ2) is 9.30. The van der Waals surface area contributed by atoms with Crippen LogP contribution in [0.1, 0.15) is 66.7 Å². The molecule has 5 rings (SSSR count). The molecule has 1 aliphatic carbocycles. The van der Waals surface area contributed by atoms with Crippen LogP contribution in [0.25, 0.3) is 0 Å². The first-order valence-electron chi connectivity index (χ1n) is 12.2. The highest BCUT2D eigenvalue weighted by molar-refractivity contribution is 7.16. The second-order valence-corrected chi connectivity index (χ2v) is 11.8. The van der Waals surface area contributed by atoms with E-state index < -0.39 is 0 Å². The Bertz CT molecular complexity index is 1260. The zero-order valence-corrected chi connectivity index (χ0v) is 21.6. The van der Waals surface area contributed by atoms with Crippen LogP contribution in [0.15, 0.2) is 42.5 Å². The van der Waals surface area contributed by atoms with Crippen molar-refractivity contribution in [1.29, 1.82) is 0 Å². The SMILES string of the molecule is COc1ccc([C@@H]2CC(=O)Nc3sc4c(c32)CC[C@H](C(C)(C)C)C4)cc1OCc1ccccc1F. The fourth-order valence-corrected chi connectivity index (χ4v) is 6.76. The van der Waals surface area contributed by atoms with Gasteiger partial charge in [0.05, 0.1) is 12.1 Å². The van der Waals surface area contributed by atoms with Gasteiger partial charge in [0.1, 0.15) is 12.4 Å². The van der Waals surface area contributed by atoms with Gasteiger partial charge in [-0.3, -0.25) is 4.79 Å². The summed E-state index contributed by atoms with van der Waals surface area (Å²) in [5, 5.41) is 4.14. The maximum Gasteiger partial charge on any atom is 0.225 e. The zero-order valence-electron chi connectivity index (χ0n) is 20.7. The molecule has 0 fully saturated rings. The van der Waals surface area contributed by atoms with E-state index >= 15 is 0 Å². The van der Waals surface area contributed by atoms with Crippen molar-refractivity contribution in [3.63, 3.8) is 0 Å². The summed E-state index contributed by atoms with van der Waals surface area (Å²) in [5.41, 5.74) is 4.46. The molecule has 184 valence electrons. The first-order chi connectivity index (χ1) is 16.7. The Hall–Kier alpha value is -2.86. The second-order valence-electron chi connectivity index (χ2n) is 10.6. The highest BCUT2D eigenvalue weighted by Gasteiger charge is 2.37. The molecule has 4 nitrogen and oxygen atoms in total. The molecule has 1 N–H and O–H groups in total. The molecule has 1 amide bonds. The van der Waals surface area contributed by atoms with Crippen molar-refractivity contribution >= 4 is 22.2 Å². The van der Waals surface area contributed by atoms with Gasteiger partial charge in [0.2, 0.25) is 5.91 Å². The third kappa shape index (κ3) is 4.68. The Kier molecular flexibility index (Phi) is 6.34. The van der Waals surface area contributed by atoms with E-state index in [1.54, 1.807) is 36.6 Å². The van der Waals surface area contributed by atoms with Crippen molar-refractivity contribution in [2.45, 2.75) is 59.0 Å². The van der Waals surface area contributed by atoms with Crippen LogP contribution in [0, 0.1) is 17.2 Å². The van der Waals surface area contributed by atoms with Crippen molar-refractivity contribution < 1.29 is 18.7 Å². The number of hydrogen-bond acceptors (Lipinski definition) is 4. The van der Waals surface area contributed by atoms with E-state index in [2.05, 4.69) is 26.1 Å². The van der Waals surface area contributed by atoms with Gasteiger partial charge in [0.15, 0.2) is 11.5 Å². The molecule has 0 spiro atoms. The molecule has 0 saturated heterocycles. The van der Waals surface area contributed by atoms with Crippen molar-refractivity contribution in [3.05, 3.63) is 75.4 Å². The normalized spacial score (nSPS) is 19.5. The van der Waals surface area contributed by atoms with E-state index in [0.717, 1.165) is 23.4 Å². The summed E-state index contributed by atoms with van der Waals surface area (Å²) >= 11 is 1.75. The first kappa shape index (κ1) is 23.9. The van der Waals surface area contributed by atoms with Gasteiger partial charge in [0, 0.05) is 22.8 Å². The fourth-order valence-electron chi connectivity index (χ4n) is 5.35. The van der Waals surface area contributed by atoms with Crippen LogP contribution in [-0.4, -0.2) is 13.0 Å². The third-order valence-corrected chi connectivity index (χ3v) is 8.64. The molecular weight excluding hydrogens is 461 g/mol. The largest absolute Gasteiger partial charge is 0.493 e. The van der Waals surface area contributed by atoms with Gasteiger partial charge in [0.25, 0.3) is 0 Å². The minimum atomic E-state index is -0.297. The number of fused-ring (bicyclic) bond motifs is 3. The van der Waals surface area contributed by atoms with Crippen LogP contribution in [0.3, 0.4) is 0 Å². The molecule has 0 unspecified atom stereocenters. The van der Waals surface area contributed by atoms with Crippen molar-refractivity contribution in [2.75, 3.05) is 12.4 Å². The zero-order chi connectivity index (χ0) is 24.7. The predicted octanol–water partition coefficient (Wildman–Crippen LogP) is 7.10. The lowest BCUT2D eigenvalue weighted by Crippen LogP contribution is -2.27. The summed E-state index contributed by atoms with van der Waals surface area (Å²) in [6, 6.07) is 12.5. The number of rotatable bonds is 5. The Morgan fingerprint density at radius 3 is 2.66 bits per heavy atom. The molecule has 3 aromatic rings. The Balaban J connectivity index is 1.48. The number of nitrogens with one attached hydrogen (secondary N) is 1. The van der Waals surface area contributed by atoms with Gasteiger partial charge in [-0.2, -0.15) is 0 Å². The molecule has 2 atom stereocenters. The lowest BCUT2D eigenvalue weighted by molar-refractivity contribution is -0.116. The van der Waals surface area contributed by atoms with E-state index in [0.29, 0.717) is 29.4 Å². The van der Waals surface area contributed by atoms with Crippen LogP contribution < -0.4 is 14.8 Å². The lowest BCUT2D eigenvalue weighted by atomic mass is 9.71. The van der Waals surface area contributed by atoms with Crippen LogP contribution in [0.2, 0.25) is 0 Å². The number of carbonyl (C=O) groups is 1. The van der Waals surface area contributed by atoms with Crippen LogP contribution >= 0.6 is 11.3 Å². The first-order valence-corrected chi connectivity index (χ1v) is 13.0. The van der Waals surface area contributed by atoms with Crippen molar-refractivity contribution in [2.24, 2.45) is 11.3 Å². The highest BCUT2D eigenvalue weighted by Crippen LogP contribution is 2.50. The van der Waals surface area contributed by atoms with Gasteiger partial charge in [-0.25, -0.2) is 4.39 Å². The number of hydrogen-bond donors (Lipinski definition) is 1. The Morgan fingerprint density at radius 1 is 1.11 bits per heavy atom. The monoisotopic (exact) mass is 493 g/mol. The van der Waals surface area contributed by atoms with Gasteiger partial charge in [-0.05, 0) is 65.5 Å². The number of ether oxygens (including phenoxy) is 2. The maximum absolute atomic E-state index is 14.1. The van der Waals surface area contributed by atoms with Crippen molar-refractivity contribution in [3.8, 4) is 11.5 Å². The van der Waals surface area contributed by atoms with Gasteiger partial charge >= 0.3 is 0 Å². The van der Waals surface area contributed by atoms with Gasteiger partial charge < -0.3 is 14.8 Å². The summed E-state index contributed by atoms with van der Waals surface area (Å²) in [4.78, 5) is 14.1. The minimum Gasteiger partial charge on any atom is -0.493 e. The van der Waals surface area contributed by atoms with Crippen LogP contribution in [0.5, 0.6) is 11.5 Å². The molecule has 0 bridgehead atoms. The van der Waals surface area contributed by atoms with Gasteiger partial charge in [-0.1, -0.05) is 45.0 Å². The maximum atomic E-state index is 14.1. The predicted molar refractivity (Wildman–Crippen MR) is 138 cm³/mol. The van der Waals surface area contributed by atoms with E-state index in [1.807, 2.05) is 18.2 Å². The molecule has 0 radical (unpaired) electrons. The van der Waals surface area contributed by atoms with Crippen molar-refractivity contribution in [1.82, 2.24) is 0 Å². The smallest absolute Gasteiger partial charge is 0.225 e. The summed E-state index contributed by atoms with van der Waals surface area (Å²) in [7, 11) is 1.60. The fraction of sp³-hybridized carbons (Fsp3) is 0.414.